The van der Waals surface area contributed by atoms with E-state index in [0.29, 0.717) is 22.9 Å². The molecule has 1 aliphatic carbocycles. The van der Waals surface area contributed by atoms with Crippen LogP contribution in [0.1, 0.15) is 36.5 Å². The number of carbonyl (C=O) groups excluding carboxylic acids is 1. The first-order valence-corrected chi connectivity index (χ1v) is 13.4. The SMILES string of the molecule is CC(C)c1ccc2c(c1)-c1ccccc1S(=O)(=O)N2CC(=O)Nc1ccc2c3c(cccc13)CC2. The number of benzene rings is 4. The van der Waals surface area contributed by atoms with Crippen molar-refractivity contribution in [2.45, 2.75) is 37.5 Å². The Morgan fingerprint density at radius 2 is 1.69 bits per heavy atom. The molecular formula is C29H26N2O3S. The van der Waals surface area contributed by atoms with Gasteiger partial charge in [0.15, 0.2) is 0 Å². The van der Waals surface area contributed by atoms with Crippen LogP contribution in [0.25, 0.3) is 21.9 Å². The highest BCUT2D eigenvalue weighted by atomic mass is 32.2. The zero-order valence-corrected chi connectivity index (χ0v) is 20.5. The van der Waals surface area contributed by atoms with Gasteiger partial charge < -0.3 is 5.32 Å². The molecule has 6 heteroatoms. The number of aryl methyl sites for hydroxylation is 2. The average Bonchev–Trinajstić information content (AvgIpc) is 3.28. The molecular weight excluding hydrogens is 456 g/mol. The molecule has 1 amide bonds. The lowest BCUT2D eigenvalue weighted by molar-refractivity contribution is -0.114. The van der Waals surface area contributed by atoms with Crippen molar-refractivity contribution >= 4 is 38.1 Å². The summed E-state index contributed by atoms with van der Waals surface area (Å²) in [6.45, 7) is 3.92. The van der Waals surface area contributed by atoms with Crippen LogP contribution in [0.2, 0.25) is 0 Å². The van der Waals surface area contributed by atoms with Crippen molar-refractivity contribution in [1.82, 2.24) is 0 Å². The molecule has 0 fully saturated rings. The number of hydrogen-bond donors (Lipinski definition) is 1. The number of fused-ring (bicyclic) bond motifs is 3. The molecule has 1 heterocycles. The average molecular weight is 483 g/mol. The van der Waals surface area contributed by atoms with E-state index in [1.807, 2.05) is 48.5 Å². The molecule has 0 spiro atoms. The van der Waals surface area contributed by atoms with Gasteiger partial charge in [-0.05, 0) is 65.1 Å². The Balaban J connectivity index is 1.39. The number of amides is 1. The van der Waals surface area contributed by atoms with E-state index in [1.54, 1.807) is 12.1 Å². The van der Waals surface area contributed by atoms with Crippen LogP contribution in [0.4, 0.5) is 11.4 Å². The minimum absolute atomic E-state index is 0.228. The molecule has 0 radical (unpaired) electrons. The summed E-state index contributed by atoms with van der Waals surface area (Å²) < 4.78 is 28.5. The van der Waals surface area contributed by atoms with Crippen LogP contribution in [-0.4, -0.2) is 20.9 Å². The molecule has 6 rings (SSSR count). The molecule has 0 bridgehead atoms. The number of anilines is 2. The van der Waals surface area contributed by atoms with Gasteiger partial charge in [-0.2, -0.15) is 0 Å². The highest BCUT2D eigenvalue weighted by Gasteiger charge is 2.36. The number of nitrogens with one attached hydrogen (secondary N) is 1. The number of sulfonamides is 1. The van der Waals surface area contributed by atoms with Gasteiger partial charge in [0, 0.05) is 22.2 Å². The fraction of sp³-hybridized carbons (Fsp3) is 0.207. The molecule has 0 unspecified atom stereocenters. The van der Waals surface area contributed by atoms with Gasteiger partial charge in [-0.3, -0.25) is 9.10 Å². The molecule has 0 saturated carbocycles. The van der Waals surface area contributed by atoms with Crippen molar-refractivity contribution in [3.8, 4) is 11.1 Å². The van der Waals surface area contributed by atoms with Crippen molar-refractivity contribution in [2.24, 2.45) is 0 Å². The smallest absolute Gasteiger partial charge is 0.265 e. The van der Waals surface area contributed by atoms with E-state index in [0.717, 1.165) is 29.4 Å². The summed E-state index contributed by atoms with van der Waals surface area (Å²) in [4.78, 5) is 13.5. The predicted octanol–water partition coefficient (Wildman–Crippen LogP) is 5.88. The first-order chi connectivity index (χ1) is 16.8. The van der Waals surface area contributed by atoms with E-state index < -0.39 is 10.0 Å². The molecule has 0 saturated heterocycles. The van der Waals surface area contributed by atoms with Gasteiger partial charge in [-0.15, -0.1) is 0 Å². The van der Waals surface area contributed by atoms with E-state index in [2.05, 4.69) is 31.3 Å². The Hall–Kier alpha value is -3.64. The fourth-order valence-electron chi connectivity index (χ4n) is 5.35. The number of carbonyl (C=O) groups is 1. The third-order valence-electron chi connectivity index (χ3n) is 7.14. The molecule has 0 aromatic heterocycles. The van der Waals surface area contributed by atoms with Crippen LogP contribution in [0.5, 0.6) is 0 Å². The van der Waals surface area contributed by atoms with Crippen LogP contribution in [0, 0.1) is 0 Å². The van der Waals surface area contributed by atoms with Crippen LogP contribution in [-0.2, 0) is 27.7 Å². The number of hydrogen-bond acceptors (Lipinski definition) is 3. The lowest BCUT2D eigenvalue weighted by Crippen LogP contribution is -2.40. The highest BCUT2D eigenvalue weighted by molar-refractivity contribution is 7.93. The van der Waals surface area contributed by atoms with E-state index in [4.69, 9.17) is 0 Å². The first kappa shape index (κ1) is 21.9. The Kier molecular flexibility index (Phi) is 4.97. The second-order valence-corrected chi connectivity index (χ2v) is 11.4. The molecule has 2 aliphatic rings. The summed E-state index contributed by atoms with van der Waals surface area (Å²) in [6.07, 6.45) is 2.01. The summed E-state index contributed by atoms with van der Waals surface area (Å²) in [6, 6.07) is 23.0. The van der Waals surface area contributed by atoms with E-state index in [9.17, 15) is 13.2 Å². The third-order valence-corrected chi connectivity index (χ3v) is 8.96. The second kappa shape index (κ2) is 7.95. The zero-order valence-electron chi connectivity index (χ0n) is 19.7. The maximum Gasteiger partial charge on any atom is 0.265 e. The quantitative estimate of drug-likeness (QED) is 0.395. The van der Waals surface area contributed by atoms with Crippen LogP contribution in [0.3, 0.4) is 0 Å². The standard InChI is InChI=1S/C29H26N2O3S/c1-18(2)21-13-15-26-24(16-21)22-7-3-4-9-27(22)35(33,34)31(26)17-28(32)30-25-14-12-20-11-10-19-6-5-8-23(25)29(19)20/h3-9,12-16,18H,10-11,17H2,1-2H3,(H,30,32). The van der Waals surface area contributed by atoms with Crippen LogP contribution in [0.15, 0.2) is 77.7 Å². The van der Waals surface area contributed by atoms with Crippen molar-refractivity contribution in [3.05, 3.63) is 89.5 Å². The Morgan fingerprint density at radius 1 is 0.914 bits per heavy atom. The van der Waals surface area contributed by atoms with Crippen LogP contribution >= 0.6 is 0 Å². The van der Waals surface area contributed by atoms with Crippen molar-refractivity contribution in [2.75, 3.05) is 16.2 Å². The first-order valence-electron chi connectivity index (χ1n) is 11.9. The van der Waals surface area contributed by atoms with Gasteiger partial charge in [0.2, 0.25) is 5.91 Å². The van der Waals surface area contributed by atoms with Gasteiger partial charge >= 0.3 is 0 Å². The minimum atomic E-state index is -3.89. The van der Waals surface area contributed by atoms with Crippen molar-refractivity contribution in [1.29, 1.82) is 0 Å². The summed E-state index contributed by atoms with van der Waals surface area (Å²) in [5.74, 6) is -0.0722. The minimum Gasteiger partial charge on any atom is -0.324 e. The van der Waals surface area contributed by atoms with Gasteiger partial charge in [0.25, 0.3) is 10.0 Å². The summed E-state index contributed by atoms with van der Waals surface area (Å²) in [7, 11) is -3.89. The molecule has 1 N–H and O–H groups in total. The highest BCUT2D eigenvalue weighted by Crippen LogP contribution is 2.44. The maximum absolute atomic E-state index is 13.6. The largest absolute Gasteiger partial charge is 0.324 e. The molecule has 35 heavy (non-hydrogen) atoms. The normalized spacial score (nSPS) is 15.2. The second-order valence-electron chi connectivity index (χ2n) is 9.60. The van der Waals surface area contributed by atoms with Crippen molar-refractivity contribution in [3.63, 3.8) is 0 Å². The summed E-state index contributed by atoms with van der Waals surface area (Å²) in [5, 5.41) is 5.20. The summed E-state index contributed by atoms with van der Waals surface area (Å²) in [5.41, 5.74) is 6.45. The number of nitrogens with zero attached hydrogens (tertiary/aromatic N) is 1. The van der Waals surface area contributed by atoms with Gasteiger partial charge in [-0.25, -0.2) is 8.42 Å². The van der Waals surface area contributed by atoms with Crippen molar-refractivity contribution < 1.29 is 13.2 Å². The van der Waals surface area contributed by atoms with E-state index in [1.165, 1.54) is 20.8 Å². The van der Waals surface area contributed by atoms with Crippen LogP contribution < -0.4 is 9.62 Å². The molecule has 0 atom stereocenters. The van der Waals surface area contributed by atoms with Gasteiger partial charge in [-0.1, -0.05) is 62.4 Å². The number of rotatable bonds is 4. The lowest BCUT2D eigenvalue weighted by atomic mass is 9.95. The summed E-state index contributed by atoms with van der Waals surface area (Å²) >= 11 is 0. The van der Waals surface area contributed by atoms with Gasteiger partial charge in [0.05, 0.1) is 10.6 Å². The van der Waals surface area contributed by atoms with E-state index >= 15 is 0 Å². The topological polar surface area (TPSA) is 66.5 Å². The van der Waals surface area contributed by atoms with E-state index in [-0.39, 0.29) is 17.3 Å². The monoisotopic (exact) mass is 482 g/mol. The molecule has 1 aliphatic heterocycles. The maximum atomic E-state index is 13.6. The Morgan fingerprint density at radius 3 is 2.49 bits per heavy atom. The zero-order chi connectivity index (χ0) is 24.3. The third kappa shape index (κ3) is 3.43. The molecule has 4 aromatic rings. The predicted molar refractivity (Wildman–Crippen MR) is 140 cm³/mol. The molecule has 176 valence electrons. The molecule has 5 nitrogen and oxygen atoms in total. The Bertz CT molecular complexity index is 1610. The van der Waals surface area contributed by atoms with Gasteiger partial charge in [0.1, 0.15) is 6.54 Å². The molecule has 4 aromatic carbocycles. The fourth-order valence-corrected chi connectivity index (χ4v) is 7.00. The lowest BCUT2D eigenvalue weighted by Gasteiger charge is -2.32. The Labute approximate surface area is 205 Å².